The number of alkyl halides is 1. The van der Waals surface area contributed by atoms with E-state index in [1.807, 2.05) is 0 Å². The van der Waals surface area contributed by atoms with Crippen molar-refractivity contribution >= 4 is 36.7 Å². The number of phosphoric ester groups is 1. The smallest absolute Gasteiger partial charge is 0.454 e. The number of nitrogens with one attached hydrogen (secondary N) is 1. The molecular formula is C14H17FN5O8P. The molecule has 0 bridgehead atoms. The fraction of sp³-hybridized carbons (Fsp3) is 0.500. The van der Waals surface area contributed by atoms with Crippen LogP contribution in [-0.4, -0.2) is 66.2 Å². The van der Waals surface area contributed by atoms with Crippen molar-refractivity contribution in [1.82, 2.24) is 19.5 Å². The van der Waals surface area contributed by atoms with Crippen molar-refractivity contribution in [2.45, 2.75) is 38.5 Å². The summed E-state index contributed by atoms with van der Waals surface area (Å²) in [4.78, 5) is 52.4. The van der Waals surface area contributed by atoms with E-state index in [4.69, 9.17) is 19.3 Å². The number of imidazole rings is 1. The van der Waals surface area contributed by atoms with Crippen LogP contribution in [0.5, 0.6) is 0 Å². The fourth-order valence-corrected chi connectivity index (χ4v) is 3.18. The molecule has 3 heterocycles. The van der Waals surface area contributed by atoms with Crippen LogP contribution in [0, 0.1) is 0 Å². The summed E-state index contributed by atoms with van der Waals surface area (Å²) in [5.41, 5.74) is 0.327. The van der Waals surface area contributed by atoms with Crippen LogP contribution in [0.3, 0.4) is 0 Å². The maximum absolute atomic E-state index is 14.8. The molecule has 0 spiro atoms. The van der Waals surface area contributed by atoms with Gasteiger partial charge in [-0.05, 0) is 0 Å². The Hall–Kier alpha value is -2.51. The molecule has 1 saturated heterocycles. The van der Waals surface area contributed by atoms with E-state index >= 15 is 0 Å². The molecule has 1 aliphatic heterocycles. The van der Waals surface area contributed by atoms with Crippen molar-refractivity contribution in [3.05, 3.63) is 12.7 Å². The quantitative estimate of drug-likeness (QED) is 0.415. The van der Waals surface area contributed by atoms with E-state index < -0.39 is 50.9 Å². The van der Waals surface area contributed by atoms with Gasteiger partial charge in [0.25, 0.3) is 0 Å². The lowest BCUT2D eigenvalue weighted by atomic mass is 10.1. The summed E-state index contributed by atoms with van der Waals surface area (Å²) < 4.78 is 41.8. The minimum Gasteiger partial charge on any atom is -0.454 e. The molecule has 4 atom stereocenters. The molecule has 13 nitrogen and oxygen atoms in total. The number of halogens is 1. The number of anilines is 1. The fourth-order valence-electron chi connectivity index (χ4n) is 2.84. The molecular weight excluding hydrogens is 416 g/mol. The summed E-state index contributed by atoms with van der Waals surface area (Å²) in [6.45, 7) is 1.58. The van der Waals surface area contributed by atoms with Crippen molar-refractivity contribution in [1.29, 1.82) is 0 Å². The molecule has 2 aromatic heterocycles. The zero-order valence-corrected chi connectivity index (χ0v) is 16.0. The summed E-state index contributed by atoms with van der Waals surface area (Å²) in [6, 6.07) is 0. The lowest BCUT2D eigenvalue weighted by Gasteiger charge is -2.20. The molecule has 3 N–H and O–H groups in total. The molecule has 0 aliphatic carbocycles. The lowest BCUT2D eigenvalue weighted by Crippen LogP contribution is -2.33. The Balaban J connectivity index is 1.95. The van der Waals surface area contributed by atoms with Gasteiger partial charge in [-0.2, -0.15) is 0 Å². The maximum Gasteiger partial charge on any atom is 0.469 e. The van der Waals surface area contributed by atoms with Gasteiger partial charge in [0, 0.05) is 13.8 Å². The Morgan fingerprint density at radius 2 is 2.07 bits per heavy atom. The zero-order valence-electron chi connectivity index (χ0n) is 15.1. The average molecular weight is 433 g/mol. The van der Waals surface area contributed by atoms with E-state index in [1.54, 1.807) is 0 Å². The highest BCUT2D eigenvalue weighted by molar-refractivity contribution is 7.46. The van der Waals surface area contributed by atoms with Gasteiger partial charge in [-0.3, -0.25) is 18.7 Å². The third kappa shape index (κ3) is 4.74. The van der Waals surface area contributed by atoms with Crippen molar-refractivity contribution in [3.63, 3.8) is 0 Å². The maximum atomic E-state index is 14.8. The summed E-state index contributed by atoms with van der Waals surface area (Å²) in [5.74, 6) is -1.07. The number of ether oxygens (including phenoxy) is 2. The highest BCUT2D eigenvalue weighted by Crippen LogP contribution is 2.40. The Morgan fingerprint density at radius 3 is 2.69 bits per heavy atom. The van der Waals surface area contributed by atoms with Gasteiger partial charge < -0.3 is 24.6 Å². The Labute approximate surface area is 162 Å². The highest BCUT2D eigenvalue weighted by atomic mass is 31.2. The second kappa shape index (κ2) is 8.08. The predicted molar refractivity (Wildman–Crippen MR) is 92.0 cm³/mol. The second-order valence-electron chi connectivity index (χ2n) is 6.10. The van der Waals surface area contributed by atoms with Crippen LogP contribution >= 0.6 is 7.82 Å². The first-order valence-electron chi connectivity index (χ1n) is 8.19. The van der Waals surface area contributed by atoms with E-state index in [0.29, 0.717) is 0 Å². The monoisotopic (exact) mass is 433 g/mol. The third-order valence-corrected chi connectivity index (χ3v) is 4.39. The van der Waals surface area contributed by atoms with Crippen LogP contribution in [0.25, 0.3) is 11.2 Å². The molecule has 1 unspecified atom stereocenters. The molecule has 1 aliphatic rings. The predicted octanol–water partition coefficient (Wildman–Crippen LogP) is 0.0612. The van der Waals surface area contributed by atoms with Gasteiger partial charge in [-0.15, -0.1) is 0 Å². The summed E-state index contributed by atoms with van der Waals surface area (Å²) >= 11 is 0. The number of nitrogens with zero attached hydrogens (tertiary/aromatic N) is 4. The second-order valence-corrected chi connectivity index (χ2v) is 7.34. The molecule has 1 amide bonds. The largest absolute Gasteiger partial charge is 0.469 e. The topological polar surface area (TPSA) is 175 Å². The SMILES string of the molecule is CC(=O)Nc1ncnc2c1ncn2[C@@H]1O[C@H](COP(=O)(O)O)C(F)[C@@H]1OC(C)=O. The van der Waals surface area contributed by atoms with Crippen molar-refractivity contribution < 1.29 is 42.3 Å². The van der Waals surface area contributed by atoms with Crippen molar-refractivity contribution in [3.8, 4) is 0 Å². The third-order valence-electron chi connectivity index (χ3n) is 3.90. The van der Waals surface area contributed by atoms with Crippen LogP contribution in [0.1, 0.15) is 20.1 Å². The van der Waals surface area contributed by atoms with Crippen molar-refractivity contribution in [2.24, 2.45) is 0 Å². The van der Waals surface area contributed by atoms with Crippen LogP contribution in [0.2, 0.25) is 0 Å². The number of hydrogen-bond donors (Lipinski definition) is 3. The number of amides is 1. The van der Waals surface area contributed by atoms with Gasteiger partial charge in [-0.1, -0.05) is 0 Å². The summed E-state index contributed by atoms with van der Waals surface area (Å²) in [5, 5.41) is 2.48. The minimum absolute atomic E-state index is 0.112. The number of hydrogen-bond acceptors (Lipinski definition) is 9. The van der Waals surface area contributed by atoms with Gasteiger partial charge in [0.1, 0.15) is 12.4 Å². The molecule has 0 aromatic carbocycles. The summed E-state index contributed by atoms with van der Waals surface area (Å²) in [7, 11) is -4.87. The van der Waals surface area contributed by atoms with E-state index in [0.717, 1.165) is 13.3 Å². The van der Waals surface area contributed by atoms with Crippen LogP contribution < -0.4 is 5.32 Å². The Morgan fingerprint density at radius 1 is 1.34 bits per heavy atom. The normalized spacial score (nSPS) is 24.6. The summed E-state index contributed by atoms with van der Waals surface area (Å²) in [6.07, 6.45) is -3.75. The molecule has 29 heavy (non-hydrogen) atoms. The molecule has 0 saturated carbocycles. The molecule has 0 radical (unpaired) electrons. The van der Waals surface area contributed by atoms with Gasteiger partial charge in [0.15, 0.2) is 35.5 Å². The van der Waals surface area contributed by atoms with Crippen LogP contribution in [0.4, 0.5) is 10.2 Å². The standard InChI is InChI=1S/C14H17FN5O8P/c1-6(21)19-12-10-13(17-4-16-12)20(5-18-10)14-11(27-7(2)22)9(15)8(28-14)3-26-29(23,24)25/h4-5,8-9,11,14H,3H2,1-2H3,(H2,23,24,25)(H,16,17,19,21)/t8-,9?,11+,14-/m1/s1. The first-order valence-corrected chi connectivity index (χ1v) is 9.72. The number of carbonyl (C=O) groups excluding carboxylic acids is 2. The zero-order chi connectivity index (χ0) is 21.3. The number of aromatic nitrogens is 4. The van der Waals surface area contributed by atoms with E-state index in [-0.39, 0.29) is 17.0 Å². The van der Waals surface area contributed by atoms with Crippen LogP contribution in [-0.2, 0) is 28.2 Å². The Bertz CT molecular complexity index is 980. The van der Waals surface area contributed by atoms with E-state index in [1.165, 1.54) is 17.8 Å². The van der Waals surface area contributed by atoms with Gasteiger partial charge in [0.2, 0.25) is 5.91 Å². The van der Waals surface area contributed by atoms with Gasteiger partial charge >= 0.3 is 13.8 Å². The lowest BCUT2D eigenvalue weighted by molar-refractivity contribution is -0.154. The number of phosphoric acid groups is 1. The number of carbonyl (C=O) groups is 2. The number of fused-ring (bicyclic) bond motifs is 1. The average Bonchev–Trinajstić information content (AvgIpc) is 3.15. The van der Waals surface area contributed by atoms with Crippen molar-refractivity contribution in [2.75, 3.05) is 11.9 Å². The minimum atomic E-state index is -4.87. The molecule has 1 fully saturated rings. The molecule has 3 rings (SSSR count). The number of rotatable bonds is 6. The molecule has 15 heteroatoms. The Kier molecular flexibility index (Phi) is 5.91. The number of esters is 1. The highest BCUT2D eigenvalue weighted by Gasteiger charge is 2.49. The van der Waals surface area contributed by atoms with E-state index in [9.17, 15) is 18.5 Å². The first kappa shape index (κ1) is 21.2. The van der Waals surface area contributed by atoms with Gasteiger partial charge in [-0.25, -0.2) is 23.9 Å². The molecule has 2 aromatic rings. The van der Waals surface area contributed by atoms with Gasteiger partial charge in [0.05, 0.1) is 12.9 Å². The molecule has 158 valence electrons. The first-order chi connectivity index (χ1) is 13.6. The van der Waals surface area contributed by atoms with E-state index in [2.05, 4.69) is 24.8 Å². The van der Waals surface area contributed by atoms with Crippen LogP contribution in [0.15, 0.2) is 12.7 Å².